The molecule has 0 bridgehead atoms. The predicted octanol–water partition coefficient (Wildman–Crippen LogP) is 5.28. The fourth-order valence-electron chi connectivity index (χ4n) is 4.57. The largest absolute Gasteiger partial charge is 0.506 e. The SMILES string of the molecule is Cc1nccn1Cc1c(O)c(Br)cc2c1c(C(=O)O)c(CS(=O)Cc1ccccc1F)n2C1CC1. The Morgan fingerprint density at radius 3 is 2.66 bits per heavy atom. The molecule has 2 aromatic carbocycles. The van der Waals surface area contributed by atoms with Crippen molar-refractivity contribution < 1.29 is 23.6 Å². The van der Waals surface area contributed by atoms with Crippen LogP contribution in [-0.2, 0) is 28.9 Å². The van der Waals surface area contributed by atoms with E-state index in [1.54, 1.807) is 36.7 Å². The number of carbonyl (C=O) groups is 1. The molecule has 1 fully saturated rings. The van der Waals surface area contributed by atoms with Crippen LogP contribution in [0.1, 0.15) is 51.9 Å². The van der Waals surface area contributed by atoms with Crippen molar-refractivity contribution in [1.82, 2.24) is 14.1 Å². The molecule has 5 rings (SSSR count). The van der Waals surface area contributed by atoms with E-state index in [1.165, 1.54) is 6.07 Å². The van der Waals surface area contributed by atoms with Crippen LogP contribution in [0.25, 0.3) is 10.9 Å². The second-order valence-corrected chi connectivity index (χ2v) is 11.0. The monoisotopic (exact) mass is 559 g/mol. The van der Waals surface area contributed by atoms with Gasteiger partial charge >= 0.3 is 5.97 Å². The van der Waals surface area contributed by atoms with Gasteiger partial charge in [-0.1, -0.05) is 18.2 Å². The molecule has 2 heterocycles. The number of rotatable bonds is 8. The molecule has 1 atom stereocenters. The highest BCUT2D eigenvalue weighted by molar-refractivity contribution is 9.10. The summed E-state index contributed by atoms with van der Waals surface area (Å²) in [5, 5.41) is 21.7. The zero-order chi connectivity index (χ0) is 24.9. The fourth-order valence-corrected chi connectivity index (χ4v) is 6.29. The Balaban J connectivity index is 1.68. The van der Waals surface area contributed by atoms with Gasteiger partial charge in [0.05, 0.1) is 33.6 Å². The summed E-state index contributed by atoms with van der Waals surface area (Å²) in [7, 11) is -1.55. The van der Waals surface area contributed by atoms with Crippen LogP contribution in [0.2, 0.25) is 0 Å². The van der Waals surface area contributed by atoms with Gasteiger partial charge in [-0.05, 0) is 47.8 Å². The molecule has 1 aliphatic carbocycles. The third-order valence-electron chi connectivity index (χ3n) is 6.37. The average molecular weight is 560 g/mol. The number of benzene rings is 2. The maximum absolute atomic E-state index is 14.2. The molecule has 0 radical (unpaired) electrons. The highest BCUT2D eigenvalue weighted by Crippen LogP contribution is 2.46. The van der Waals surface area contributed by atoms with Gasteiger partial charge in [-0.15, -0.1) is 0 Å². The lowest BCUT2D eigenvalue weighted by Gasteiger charge is -2.13. The topological polar surface area (TPSA) is 97.3 Å². The average Bonchev–Trinajstić information content (AvgIpc) is 3.48. The van der Waals surface area contributed by atoms with Gasteiger partial charge in [-0.3, -0.25) is 4.21 Å². The van der Waals surface area contributed by atoms with Crippen LogP contribution in [-0.4, -0.2) is 34.5 Å². The van der Waals surface area contributed by atoms with Crippen molar-refractivity contribution >= 4 is 43.6 Å². The molecule has 1 unspecified atom stereocenters. The highest BCUT2D eigenvalue weighted by atomic mass is 79.9. The highest BCUT2D eigenvalue weighted by Gasteiger charge is 2.34. The van der Waals surface area contributed by atoms with Crippen molar-refractivity contribution in [2.75, 3.05) is 0 Å². The quantitative estimate of drug-likeness (QED) is 0.306. The Bertz CT molecular complexity index is 1490. The first-order valence-electron chi connectivity index (χ1n) is 11.1. The van der Waals surface area contributed by atoms with Gasteiger partial charge in [0.2, 0.25) is 0 Å². The molecule has 35 heavy (non-hydrogen) atoms. The number of nitrogens with zero attached hydrogens (tertiary/aromatic N) is 3. The molecule has 7 nitrogen and oxygen atoms in total. The number of hydrogen-bond donors (Lipinski definition) is 2. The van der Waals surface area contributed by atoms with Gasteiger partial charge in [0.25, 0.3) is 0 Å². The molecule has 4 aromatic rings. The Morgan fingerprint density at radius 1 is 1.29 bits per heavy atom. The van der Waals surface area contributed by atoms with Gasteiger partial charge in [-0.25, -0.2) is 14.2 Å². The summed E-state index contributed by atoms with van der Waals surface area (Å²) >= 11 is 3.43. The lowest BCUT2D eigenvalue weighted by Crippen LogP contribution is -2.11. The molecule has 1 saturated carbocycles. The fraction of sp³-hybridized carbons (Fsp3) is 0.280. The van der Waals surface area contributed by atoms with Gasteiger partial charge in [0.15, 0.2) is 0 Å². The zero-order valence-electron chi connectivity index (χ0n) is 18.9. The van der Waals surface area contributed by atoms with E-state index in [4.69, 9.17) is 0 Å². The van der Waals surface area contributed by atoms with Crippen molar-refractivity contribution in [2.45, 2.75) is 43.9 Å². The van der Waals surface area contributed by atoms with Crippen LogP contribution >= 0.6 is 15.9 Å². The van der Waals surface area contributed by atoms with Crippen LogP contribution in [0.15, 0.2) is 47.2 Å². The number of phenols is 1. The van der Waals surface area contributed by atoms with E-state index in [1.807, 2.05) is 16.1 Å². The van der Waals surface area contributed by atoms with Crippen LogP contribution in [0, 0.1) is 12.7 Å². The summed E-state index contributed by atoms with van der Waals surface area (Å²) in [4.78, 5) is 16.8. The smallest absolute Gasteiger partial charge is 0.338 e. The van der Waals surface area contributed by atoms with Crippen molar-refractivity contribution in [2.24, 2.45) is 0 Å². The second kappa shape index (κ2) is 9.23. The number of fused-ring (bicyclic) bond motifs is 1. The Kier molecular flexibility index (Phi) is 6.27. The number of hydrogen-bond acceptors (Lipinski definition) is 4. The molecule has 2 aromatic heterocycles. The van der Waals surface area contributed by atoms with Gasteiger partial charge < -0.3 is 19.3 Å². The van der Waals surface area contributed by atoms with Crippen molar-refractivity contribution in [3.63, 3.8) is 0 Å². The molecule has 0 amide bonds. The standard InChI is InChI=1S/C25H23BrFN3O4S/c1-14-28-8-9-29(14)11-17-22-20(10-18(26)24(17)31)30(16-6-7-16)21(23(22)25(32)33)13-35(34)12-15-4-2-3-5-19(15)27/h2-5,8-10,16,31H,6-7,11-13H2,1H3,(H,32,33). The van der Waals surface area contributed by atoms with Gasteiger partial charge in [0, 0.05) is 51.4 Å². The molecule has 0 aliphatic heterocycles. The normalized spacial score (nSPS) is 14.5. The van der Waals surface area contributed by atoms with Crippen LogP contribution in [0.4, 0.5) is 4.39 Å². The summed E-state index contributed by atoms with van der Waals surface area (Å²) in [6, 6.07) is 7.98. The summed E-state index contributed by atoms with van der Waals surface area (Å²) in [5.74, 6) is -0.967. The Labute approximate surface area is 211 Å². The molecule has 182 valence electrons. The van der Waals surface area contributed by atoms with Crippen LogP contribution < -0.4 is 0 Å². The van der Waals surface area contributed by atoms with Crippen LogP contribution in [0.5, 0.6) is 5.75 Å². The lowest BCUT2D eigenvalue weighted by molar-refractivity contribution is 0.0697. The minimum atomic E-state index is -1.55. The number of phenolic OH excluding ortho intramolecular Hbond substituents is 1. The number of aryl methyl sites for hydroxylation is 1. The molecule has 2 N–H and O–H groups in total. The summed E-state index contributed by atoms with van der Waals surface area (Å²) in [6.45, 7) is 2.05. The molecule has 1 aliphatic rings. The zero-order valence-corrected chi connectivity index (χ0v) is 21.3. The first-order valence-corrected chi connectivity index (χ1v) is 13.4. The summed E-state index contributed by atoms with van der Waals surface area (Å²) in [6.07, 6.45) is 5.17. The van der Waals surface area contributed by atoms with Crippen molar-refractivity contribution in [3.8, 4) is 5.75 Å². The predicted molar refractivity (Wildman–Crippen MR) is 135 cm³/mol. The number of aromatic nitrogens is 3. The number of halogens is 2. The number of aromatic carboxylic acids is 1. The van der Waals surface area contributed by atoms with E-state index in [0.717, 1.165) is 18.7 Å². The number of carboxylic acid groups (broad SMARTS) is 1. The van der Waals surface area contributed by atoms with E-state index >= 15 is 0 Å². The Hall–Kier alpha value is -2.98. The molecule has 10 heteroatoms. The number of imidazole rings is 1. The van der Waals surface area contributed by atoms with E-state index in [-0.39, 0.29) is 35.4 Å². The first kappa shape index (κ1) is 23.7. The van der Waals surface area contributed by atoms with Crippen molar-refractivity contribution in [3.05, 3.63) is 81.2 Å². The third kappa shape index (κ3) is 4.40. The number of aromatic hydroxyl groups is 1. The minimum absolute atomic E-state index is 0.0199. The summed E-state index contributed by atoms with van der Waals surface area (Å²) < 4.78 is 31.6. The van der Waals surface area contributed by atoms with Crippen LogP contribution in [0.3, 0.4) is 0 Å². The molecule has 0 spiro atoms. The summed E-state index contributed by atoms with van der Waals surface area (Å²) in [5.41, 5.74) is 1.91. The molecular weight excluding hydrogens is 537 g/mol. The van der Waals surface area contributed by atoms with E-state index in [0.29, 0.717) is 32.2 Å². The first-order chi connectivity index (χ1) is 16.8. The van der Waals surface area contributed by atoms with Gasteiger partial charge in [-0.2, -0.15) is 0 Å². The second-order valence-electron chi connectivity index (χ2n) is 8.73. The van der Waals surface area contributed by atoms with E-state index in [2.05, 4.69) is 20.9 Å². The van der Waals surface area contributed by atoms with Crippen molar-refractivity contribution in [1.29, 1.82) is 0 Å². The third-order valence-corrected chi connectivity index (χ3v) is 8.21. The molecule has 0 saturated heterocycles. The minimum Gasteiger partial charge on any atom is -0.506 e. The lowest BCUT2D eigenvalue weighted by atomic mass is 10.0. The number of carboxylic acids is 1. The van der Waals surface area contributed by atoms with E-state index in [9.17, 15) is 23.6 Å². The maximum Gasteiger partial charge on any atom is 0.338 e. The molecular formula is C25H23BrFN3O4S. The maximum atomic E-state index is 14.2. The Morgan fingerprint density at radius 2 is 2.03 bits per heavy atom. The van der Waals surface area contributed by atoms with Gasteiger partial charge in [0.1, 0.15) is 17.4 Å². The van der Waals surface area contributed by atoms with E-state index < -0.39 is 22.6 Å².